The van der Waals surface area contributed by atoms with Gasteiger partial charge in [0.15, 0.2) is 0 Å². The Hall–Kier alpha value is -4.94. The summed E-state index contributed by atoms with van der Waals surface area (Å²) in [4.78, 5) is 0. The molecule has 0 atom stereocenters. The van der Waals surface area contributed by atoms with Crippen molar-refractivity contribution in [3.63, 3.8) is 0 Å². The average molecular weight is 525 g/mol. The van der Waals surface area contributed by atoms with Gasteiger partial charge in [-0.2, -0.15) is 0 Å². The SMILES string of the molecule is [2H]c1c([2H])c(-c2ccc3ccc4cccc5ccc2c3c45)c([2H])c([2H])c1-c1ccc2c(c1)C(C)(C)c1cc3ccccc3cc1-2. The van der Waals surface area contributed by atoms with Crippen LogP contribution in [0.2, 0.25) is 0 Å². The summed E-state index contributed by atoms with van der Waals surface area (Å²) in [5, 5.41) is 8.99. The van der Waals surface area contributed by atoms with Crippen LogP contribution in [0.1, 0.15) is 30.5 Å². The van der Waals surface area contributed by atoms with Crippen LogP contribution >= 0.6 is 0 Å². The minimum Gasteiger partial charge on any atom is -0.0616 e. The Balaban J connectivity index is 1.24. The Kier molecular flexibility index (Phi) is 3.77. The first kappa shape index (κ1) is 19.2. The van der Waals surface area contributed by atoms with Crippen LogP contribution in [-0.4, -0.2) is 0 Å². The standard InChI is InChI=1S/C41H28/c1-41(2)37-24-32(18-20-34(37)36-22-30-6-3-4-7-31(30)23-38(36)41)25-10-12-26(13-11-25)33-19-16-29-15-14-27-8-5-9-28-17-21-35(33)40(29)39(27)28/h3-24H,1-2H3/i10D,11D,12D,13D. The Morgan fingerprint density at radius 1 is 0.439 bits per heavy atom. The van der Waals surface area contributed by atoms with Gasteiger partial charge >= 0.3 is 0 Å². The van der Waals surface area contributed by atoms with Crippen LogP contribution in [0.25, 0.3) is 76.5 Å². The van der Waals surface area contributed by atoms with E-state index in [1.54, 1.807) is 0 Å². The summed E-state index contributed by atoms with van der Waals surface area (Å²) in [6, 6.07) is 37.7. The molecular weight excluding hydrogens is 492 g/mol. The lowest BCUT2D eigenvalue weighted by Gasteiger charge is -2.22. The van der Waals surface area contributed by atoms with E-state index in [1.807, 2.05) is 18.2 Å². The highest BCUT2D eigenvalue weighted by atomic mass is 14.4. The molecule has 0 heterocycles. The lowest BCUT2D eigenvalue weighted by Crippen LogP contribution is -2.15. The predicted octanol–water partition coefficient (Wildman–Crippen LogP) is 11.4. The lowest BCUT2D eigenvalue weighted by atomic mass is 9.81. The van der Waals surface area contributed by atoms with E-state index in [0.29, 0.717) is 16.7 Å². The molecule has 41 heavy (non-hydrogen) atoms. The Morgan fingerprint density at radius 2 is 1.02 bits per heavy atom. The van der Waals surface area contributed by atoms with Gasteiger partial charge in [-0.15, -0.1) is 0 Å². The van der Waals surface area contributed by atoms with E-state index in [4.69, 9.17) is 0 Å². The highest BCUT2D eigenvalue weighted by molar-refractivity contribution is 6.25. The first-order valence-electron chi connectivity index (χ1n) is 16.2. The maximum absolute atomic E-state index is 9.22. The maximum Gasteiger partial charge on any atom is 0.0629 e. The van der Waals surface area contributed by atoms with Gasteiger partial charge in [0.1, 0.15) is 0 Å². The topological polar surface area (TPSA) is 0 Å². The molecule has 0 fully saturated rings. The molecule has 8 aromatic carbocycles. The molecular formula is C41H28. The zero-order chi connectivity index (χ0) is 30.8. The second-order valence-electron chi connectivity index (χ2n) is 11.8. The van der Waals surface area contributed by atoms with Crippen molar-refractivity contribution in [3.8, 4) is 33.4 Å². The number of hydrogen-bond donors (Lipinski definition) is 0. The number of rotatable bonds is 2. The molecule has 0 saturated carbocycles. The minimum absolute atomic E-state index is 0.0179. The van der Waals surface area contributed by atoms with Crippen molar-refractivity contribution in [1.82, 2.24) is 0 Å². The Bertz CT molecular complexity index is 2510. The minimum atomic E-state index is -0.273. The molecule has 8 aromatic rings. The number of fused-ring (bicyclic) bond motifs is 4. The third-order valence-corrected chi connectivity index (χ3v) is 9.25. The second kappa shape index (κ2) is 8.05. The smallest absolute Gasteiger partial charge is 0.0616 e. The van der Waals surface area contributed by atoms with E-state index >= 15 is 0 Å². The third-order valence-electron chi connectivity index (χ3n) is 9.25. The molecule has 0 aliphatic heterocycles. The van der Waals surface area contributed by atoms with Gasteiger partial charge in [-0.05, 0) is 106 Å². The summed E-state index contributed by atoms with van der Waals surface area (Å²) in [5.41, 5.74) is 6.60. The van der Waals surface area contributed by atoms with Crippen LogP contribution in [0.3, 0.4) is 0 Å². The van der Waals surface area contributed by atoms with Crippen molar-refractivity contribution in [2.75, 3.05) is 0 Å². The molecule has 0 N–H and O–H groups in total. The monoisotopic (exact) mass is 524 g/mol. The van der Waals surface area contributed by atoms with Crippen LogP contribution in [0.5, 0.6) is 0 Å². The molecule has 192 valence electrons. The Morgan fingerprint density at radius 3 is 1.80 bits per heavy atom. The van der Waals surface area contributed by atoms with Crippen molar-refractivity contribution >= 4 is 43.1 Å². The molecule has 0 unspecified atom stereocenters. The summed E-state index contributed by atoms with van der Waals surface area (Å²) >= 11 is 0. The first-order valence-corrected chi connectivity index (χ1v) is 14.2. The lowest BCUT2D eigenvalue weighted by molar-refractivity contribution is 0.661. The van der Waals surface area contributed by atoms with Crippen LogP contribution in [0, 0.1) is 0 Å². The van der Waals surface area contributed by atoms with Crippen molar-refractivity contribution in [2.45, 2.75) is 19.3 Å². The normalized spacial score (nSPS) is 15.2. The van der Waals surface area contributed by atoms with Crippen LogP contribution in [0.15, 0.2) is 133 Å². The second-order valence-corrected chi connectivity index (χ2v) is 11.8. The zero-order valence-electron chi connectivity index (χ0n) is 26.9. The van der Waals surface area contributed by atoms with Gasteiger partial charge in [-0.25, -0.2) is 0 Å². The van der Waals surface area contributed by atoms with E-state index in [9.17, 15) is 5.48 Å². The van der Waals surface area contributed by atoms with E-state index < -0.39 is 0 Å². The van der Waals surface area contributed by atoms with Gasteiger partial charge in [-0.3, -0.25) is 0 Å². The van der Waals surface area contributed by atoms with Crippen LogP contribution in [0.4, 0.5) is 0 Å². The van der Waals surface area contributed by atoms with Gasteiger partial charge in [0.05, 0.1) is 5.48 Å². The van der Waals surface area contributed by atoms with Crippen LogP contribution < -0.4 is 0 Å². The van der Waals surface area contributed by atoms with E-state index in [-0.39, 0.29) is 29.6 Å². The highest BCUT2D eigenvalue weighted by Crippen LogP contribution is 2.51. The summed E-state index contributed by atoms with van der Waals surface area (Å²) in [6.07, 6.45) is 0. The van der Waals surface area contributed by atoms with Crippen molar-refractivity contribution < 1.29 is 5.48 Å². The van der Waals surface area contributed by atoms with Gasteiger partial charge in [-0.1, -0.05) is 129 Å². The first-order chi connectivity index (χ1) is 21.7. The van der Waals surface area contributed by atoms with Gasteiger partial charge in [0.25, 0.3) is 0 Å². The fourth-order valence-corrected chi connectivity index (χ4v) is 7.12. The summed E-state index contributed by atoms with van der Waals surface area (Å²) < 4.78 is 36.9. The number of hydrogen-bond acceptors (Lipinski definition) is 0. The predicted molar refractivity (Wildman–Crippen MR) is 176 cm³/mol. The molecule has 0 heteroatoms. The largest absolute Gasteiger partial charge is 0.0629 e. The Labute approximate surface area is 245 Å². The fraction of sp³-hybridized carbons (Fsp3) is 0.0732. The molecule has 0 spiro atoms. The summed E-state index contributed by atoms with van der Waals surface area (Å²) in [7, 11) is 0. The molecule has 1 aliphatic carbocycles. The molecule has 1 aliphatic rings. The van der Waals surface area contributed by atoms with Gasteiger partial charge in [0, 0.05) is 5.41 Å². The molecule has 0 amide bonds. The average Bonchev–Trinajstić information content (AvgIpc) is 3.27. The summed E-state index contributed by atoms with van der Waals surface area (Å²) in [5.74, 6) is 0. The zero-order valence-corrected chi connectivity index (χ0v) is 22.9. The van der Waals surface area contributed by atoms with E-state index in [2.05, 4.69) is 105 Å². The van der Waals surface area contributed by atoms with Crippen molar-refractivity contribution in [3.05, 3.63) is 144 Å². The molecule has 0 saturated heterocycles. The molecule has 0 aromatic heterocycles. The van der Waals surface area contributed by atoms with Crippen LogP contribution in [-0.2, 0) is 5.41 Å². The maximum atomic E-state index is 9.22. The van der Waals surface area contributed by atoms with Gasteiger partial charge < -0.3 is 0 Å². The van der Waals surface area contributed by atoms with Crippen molar-refractivity contribution in [1.29, 1.82) is 0 Å². The quantitative estimate of drug-likeness (QED) is 0.197. The third kappa shape index (κ3) is 3.16. The molecule has 0 bridgehead atoms. The highest BCUT2D eigenvalue weighted by Gasteiger charge is 2.35. The van der Waals surface area contributed by atoms with E-state index in [1.165, 1.54) is 21.9 Å². The molecule has 0 nitrogen and oxygen atoms in total. The molecule has 9 rings (SSSR count). The molecule has 0 radical (unpaired) electrons. The van der Waals surface area contributed by atoms with Crippen molar-refractivity contribution in [2.24, 2.45) is 0 Å². The van der Waals surface area contributed by atoms with E-state index in [0.717, 1.165) is 49.0 Å². The number of benzene rings is 8. The fourth-order valence-electron chi connectivity index (χ4n) is 7.12. The summed E-state index contributed by atoms with van der Waals surface area (Å²) in [6.45, 7) is 4.45. The van der Waals surface area contributed by atoms with Gasteiger partial charge in [0.2, 0.25) is 0 Å².